The Morgan fingerprint density at radius 2 is 2.04 bits per heavy atom. The summed E-state index contributed by atoms with van der Waals surface area (Å²) in [6.45, 7) is 3.69. The summed E-state index contributed by atoms with van der Waals surface area (Å²) in [4.78, 5) is 17.3. The van der Waals surface area contributed by atoms with Gasteiger partial charge in [0.1, 0.15) is 0 Å². The molecule has 0 saturated heterocycles. The standard InChI is InChI=1S/C20H22ClN3O/c1-13-16-12-15(21)11-14-8-10-23(20(14)16)17-5-3-4-6-18(17)24(13)19(25)7-9-22-2/h3-6,11-13,22H,7-10H2,1-2H3. The maximum Gasteiger partial charge on any atom is 0.228 e. The predicted molar refractivity (Wildman–Crippen MR) is 103 cm³/mol. The van der Waals surface area contributed by atoms with Gasteiger partial charge >= 0.3 is 0 Å². The molecule has 0 aliphatic carbocycles. The number of para-hydroxylation sites is 2. The molecule has 2 aliphatic heterocycles. The van der Waals surface area contributed by atoms with Crippen molar-refractivity contribution < 1.29 is 4.79 Å². The maximum atomic E-state index is 13.0. The first-order valence-electron chi connectivity index (χ1n) is 8.77. The van der Waals surface area contributed by atoms with Crippen molar-refractivity contribution in [1.29, 1.82) is 0 Å². The van der Waals surface area contributed by atoms with E-state index in [0.717, 1.165) is 34.9 Å². The summed E-state index contributed by atoms with van der Waals surface area (Å²) in [6.07, 6.45) is 1.45. The fourth-order valence-electron chi connectivity index (χ4n) is 4.05. The summed E-state index contributed by atoms with van der Waals surface area (Å²) in [5.74, 6) is 0.129. The Labute approximate surface area is 153 Å². The van der Waals surface area contributed by atoms with Crippen molar-refractivity contribution in [3.8, 4) is 0 Å². The van der Waals surface area contributed by atoms with Gasteiger partial charge in [0, 0.05) is 35.8 Å². The molecular formula is C20H22ClN3O. The zero-order valence-electron chi connectivity index (χ0n) is 14.6. The molecule has 2 aromatic rings. The zero-order chi connectivity index (χ0) is 17.6. The van der Waals surface area contributed by atoms with Crippen molar-refractivity contribution in [1.82, 2.24) is 5.32 Å². The van der Waals surface area contributed by atoms with E-state index >= 15 is 0 Å². The van der Waals surface area contributed by atoms with Crippen molar-refractivity contribution in [3.05, 3.63) is 52.5 Å². The molecule has 2 aromatic carbocycles. The summed E-state index contributed by atoms with van der Waals surface area (Å²) in [6, 6.07) is 12.2. The maximum absolute atomic E-state index is 13.0. The molecule has 0 bridgehead atoms. The number of carbonyl (C=O) groups excluding carboxylic acids is 1. The molecule has 0 fully saturated rings. The largest absolute Gasteiger partial charge is 0.339 e. The lowest BCUT2D eigenvalue weighted by Gasteiger charge is -2.29. The summed E-state index contributed by atoms with van der Waals surface area (Å²) in [7, 11) is 1.87. The molecule has 1 amide bonds. The highest BCUT2D eigenvalue weighted by atomic mass is 35.5. The molecule has 1 atom stereocenters. The molecule has 2 aliphatic rings. The van der Waals surface area contributed by atoms with Crippen molar-refractivity contribution >= 4 is 34.6 Å². The summed E-state index contributed by atoms with van der Waals surface area (Å²) in [5.41, 5.74) is 5.72. The van der Waals surface area contributed by atoms with Crippen LogP contribution in [-0.2, 0) is 11.2 Å². The van der Waals surface area contributed by atoms with Gasteiger partial charge in [-0.2, -0.15) is 0 Å². The molecular weight excluding hydrogens is 334 g/mol. The number of anilines is 3. The van der Waals surface area contributed by atoms with Crippen molar-refractivity contribution in [3.63, 3.8) is 0 Å². The summed E-state index contributed by atoms with van der Waals surface area (Å²) < 4.78 is 0. The number of rotatable bonds is 3. The summed E-state index contributed by atoms with van der Waals surface area (Å²) >= 11 is 6.39. The number of nitrogens with zero attached hydrogens (tertiary/aromatic N) is 2. The first-order chi connectivity index (χ1) is 12.1. The van der Waals surface area contributed by atoms with Gasteiger partial charge in [-0.1, -0.05) is 23.7 Å². The van der Waals surface area contributed by atoms with Crippen LogP contribution >= 0.6 is 11.6 Å². The Balaban J connectivity index is 1.91. The normalized spacial score (nSPS) is 18.0. The van der Waals surface area contributed by atoms with Gasteiger partial charge in [0.15, 0.2) is 0 Å². The average molecular weight is 356 g/mol. The van der Waals surface area contributed by atoms with Gasteiger partial charge in [0.2, 0.25) is 5.91 Å². The van der Waals surface area contributed by atoms with E-state index in [2.05, 4.69) is 35.3 Å². The second-order valence-corrected chi connectivity index (χ2v) is 7.12. The number of benzene rings is 2. The van der Waals surface area contributed by atoms with E-state index < -0.39 is 0 Å². The molecule has 1 unspecified atom stereocenters. The third-order valence-electron chi connectivity index (χ3n) is 5.18. The van der Waals surface area contributed by atoms with Crippen molar-refractivity contribution in [2.45, 2.75) is 25.8 Å². The lowest BCUT2D eigenvalue weighted by molar-refractivity contribution is -0.119. The third-order valence-corrected chi connectivity index (χ3v) is 5.40. The van der Waals surface area contributed by atoms with Crippen LogP contribution in [0.3, 0.4) is 0 Å². The molecule has 4 nitrogen and oxygen atoms in total. The van der Waals surface area contributed by atoms with Crippen LogP contribution in [0, 0.1) is 0 Å². The van der Waals surface area contributed by atoms with E-state index in [9.17, 15) is 4.79 Å². The van der Waals surface area contributed by atoms with Gasteiger partial charge in [0.05, 0.1) is 17.4 Å². The van der Waals surface area contributed by atoms with E-state index in [0.29, 0.717) is 13.0 Å². The second-order valence-electron chi connectivity index (χ2n) is 6.69. The van der Waals surface area contributed by atoms with Gasteiger partial charge in [-0.15, -0.1) is 0 Å². The number of carbonyl (C=O) groups is 1. The second kappa shape index (κ2) is 6.36. The van der Waals surface area contributed by atoms with E-state index in [-0.39, 0.29) is 11.9 Å². The minimum atomic E-state index is -0.0546. The molecule has 5 heteroatoms. The smallest absolute Gasteiger partial charge is 0.228 e. The molecule has 0 radical (unpaired) electrons. The van der Waals surface area contributed by atoms with Crippen LogP contribution in [0.2, 0.25) is 5.02 Å². The van der Waals surface area contributed by atoms with Gasteiger partial charge in [0.25, 0.3) is 0 Å². The highest BCUT2D eigenvalue weighted by Crippen LogP contribution is 2.50. The fourth-order valence-corrected chi connectivity index (χ4v) is 4.30. The quantitative estimate of drug-likeness (QED) is 0.902. The lowest BCUT2D eigenvalue weighted by Crippen LogP contribution is -2.35. The molecule has 0 saturated carbocycles. The van der Waals surface area contributed by atoms with Gasteiger partial charge in [-0.3, -0.25) is 4.79 Å². The molecule has 1 N–H and O–H groups in total. The number of hydrogen-bond donors (Lipinski definition) is 1. The van der Waals surface area contributed by atoms with Crippen LogP contribution in [0.15, 0.2) is 36.4 Å². The van der Waals surface area contributed by atoms with Crippen LogP contribution in [0.4, 0.5) is 17.1 Å². The number of nitrogens with one attached hydrogen (secondary N) is 1. The molecule has 25 heavy (non-hydrogen) atoms. The molecule has 130 valence electrons. The highest BCUT2D eigenvalue weighted by molar-refractivity contribution is 6.31. The van der Waals surface area contributed by atoms with E-state index in [1.54, 1.807) is 0 Å². The number of halogens is 1. The van der Waals surface area contributed by atoms with Crippen molar-refractivity contribution in [2.24, 2.45) is 0 Å². The molecule has 4 rings (SSSR count). The lowest BCUT2D eigenvalue weighted by atomic mass is 10.0. The average Bonchev–Trinajstić information content (AvgIpc) is 2.99. The first-order valence-corrected chi connectivity index (χ1v) is 9.15. The Bertz CT molecular complexity index is 836. The number of fused-ring (bicyclic) bond motifs is 2. The fraction of sp³-hybridized carbons (Fsp3) is 0.350. The first kappa shape index (κ1) is 16.4. The number of hydrogen-bond acceptors (Lipinski definition) is 3. The van der Waals surface area contributed by atoms with Crippen LogP contribution in [0.5, 0.6) is 0 Å². The van der Waals surface area contributed by atoms with E-state index in [4.69, 9.17) is 11.6 Å². The Hall–Kier alpha value is -2.04. The highest BCUT2D eigenvalue weighted by Gasteiger charge is 2.36. The van der Waals surface area contributed by atoms with E-state index in [1.807, 2.05) is 30.1 Å². The monoisotopic (exact) mass is 355 g/mol. The molecule has 2 heterocycles. The molecule has 0 aromatic heterocycles. The van der Waals surface area contributed by atoms with Crippen LogP contribution < -0.4 is 15.1 Å². The van der Waals surface area contributed by atoms with Crippen LogP contribution in [0.25, 0.3) is 0 Å². The zero-order valence-corrected chi connectivity index (χ0v) is 15.3. The summed E-state index contributed by atoms with van der Waals surface area (Å²) in [5, 5.41) is 3.82. The van der Waals surface area contributed by atoms with Gasteiger partial charge in [-0.25, -0.2) is 0 Å². The predicted octanol–water partition coefficient (Wildman–Crippen LogP) is 4.05. The minimum Gasteiger partial charge on any atom is -0.339 e. The third kappa shape index (κ3) is 2.60. The molecule has 0 spiro atoms. The van der Waals surface area contributed by atoms with Crippen molar-refractivity contribution in [2.75, 3.05) is 29.9 Å². The Morgan fingerprint density at radius 3 is 2.80 bits per heavy atom. The van der Waals surface area contributed by atoms with Gasteiger partial charge in [-0.05, 0) is 50.2 Å². The van der Waals surface area contributed by atoms with E-state index in [1.165, 1.54) is 11.3 Å². The van der Waals surface area contributed by atoms with Crippen LogP contribution in [0.1, 0.15) is 30.5 Å². The SMILES string of the molecule is CNCCC(=O)N1c2ccccc2N2CCc3cc(Cl)cc(c32)C1C. The van der Waals surface area contributed by atoms with Gasteiger partial charge < -0.3 is 15.1 Å². The van der Waals surface area contributed by atoms with Crippen LogP contribution in [-0.4, -0.2) is 26.0 Å². The Morgan fingerprint density at radius 1 is 1.28 bits per heavy atom. The number of amides is 1. The minimum absolute atomic E-state index is 0.0546. The Kier molecular flexibility index (Phi) is 4.18. The topological polar surface area (TPSA) is 35.6 Å².